The van der Waals surface area contributed by atoms with E-state index < -0.39 is 29.6 Å². The first-order valence-electron chi connectivity index (χ1n) is 8.52. The van der Waals surface area contributed by atoms with Crippen molar-refractivity contribution >= 4 is 17.6 Å². The molecule has 0 saturated carbocycles. The van der Waals surface area contributed by atoms with Crippen molar-refractivity contribution in [3.8, 4) is 0 Å². The van der Waals surface area contributed by atoms with E-state index in [1.54, 1.807) is 42.5 Å². The molecule has 1 amide bonds. The van der Waals surface area contributed by atoms with Gasteiger partial charge >= 0.3 is 5.97 Å². The van der Waals surface area contributed by atoms with Crippen LogP contribution in [0.1, 0.15) is 27.6 Å². The van der Waals surface area contributed by atoms with Crippen LogP contribution in [0.5, 0.6) is 0 Å². The van der Waals surface area contributed by atoms with E-state index in [-0.39, 0.29) is 5.56 Å². The zero-order valence-corrected chi connectivity index (χ0v) is 15.0. The van der Waals surface area contributed by atoms with E-state index in [1.807, 2.05) is 19.1 Å². The van der Waals surface area contributed by atoms with Crippen LogP contribution in [-0.4, -0.2) is 11.9 Å². The molecule has 0 spiro atoms. The predicted molar refractivity (Wildman–Crippen MR) is 101 cm³/mol. The molecule has 4 nitrogen and oxygen atoms in total. The summed E-state index contributed by atoms with van der Waals surface area (Å²) < 4.78 is 31.8. The fourth-order valence-corrected chi connectivity index (χ4v) is 2.54. The second kappa shape index (κ2) is 8.43. The first-order valence-corrected chi connectivity index (χ1v) is 8.52. The van der Waals surface area contributed by atoms with E-state index >= 15 is 0 Å². The van der Waals surface area contributed by atoms with Gasteiger partial charge in [0.15, 0.2) is 11.6 Å². The minimum absolute atomic E-state index is 0.192. The molecule has 142 valence electrons. The number of ether oxygens (including phenoxy) is 1. The maximum atomic E-state index is 13.4. The molecule has 0 radical (unpaired) electrons. The summed E-state index contributed by atoms with van der Waals surface area (Å²) in [6.07, 6.45) is -1.26. The zero-order chi connectivity index (χ0) is 20.1. The molecule has 0 fully saturated rings. The van der Waals surface area contributed by atoms with Crippen molar-refractivity contribution in [2.24, 2.45) is 0 Å². The van der Waals surface area contributed by atoms with Crippen LogP contribution in [0.4, 0.5) is 14.5 Å². The number of rotatable bonds is 5. The van der Waals surface area contributed by atoms with Crippen LogP contribution in [-0.2, 0) is 9.53 Å². The van der Waals surface area contributed by atoms with Crippen molar-refractivity contribution < 1.29 is 23.1 Å². The number of amides is 1. The SMILES string of the molecule is Cc1ccc(NC(=O)C(OC(=O)c2ccc(F)c(F)c2)c2ccccc2)cc1. The molecule has 0 aliphatic heterocycles. The summed E-state index contributed by atoms with van der Waals surface area (Å²) in [4.78, 5) is 25.2. The van der Waals surface area contributed by atoms with Crippen molar-refractivity contribution in [3.05, 3.63) is 101 Å². The van der Waals surface area contributed by atoms with Gasteiger partial charge in [0, 0.05) is 11.3 Å². The molecule has 1 N–H and O–H groups in total. The van der Waals surface area contributed by atoms with E-state index in [1.165, 1.54) is 0 Å². The van der Waals surface area contributed by atoms with Crippen LogP contribution in [0, 0.1) is 18.6 Å². The first kappa shape index (κ1) is 19.2. The van der Waals surface area contributed by atoms with Crippen LogP contribution >= 0.6 is 0 Å². The fraction of sp³-hybridized carbons (Fsp3) is 0.0909. The van der Waals surface area contributed by atoms with E-state index in [0.29, 0.717) is 11.3 Å². The highest BCUT2D eigenvalue weighted by molar-refractivity contribution is 5.98. The molecule has 0 aliphatic rings. The number of hydrogen-bond acceptors (Lipinski definition) is 3. The first-order chi connectivity index (χ1) is 13.4. The molecular weight excluding hydrogens is 364 g/mol. The summed E-state index contributed by atoms with van der Waals surface area (Å²) in [6.45, 7) is 1.92. The monoisotopic (exact) mass is 381 g/mol. The molecule has 0 aromatic heterocycles. The molecule has 0 bridgehead atoms. The Morgan fingerprint density at radius 2 is 1.57 bits per heavy atom. The lowest BCUT2D eigenvalue weighted by molar-refractivity contribution is -0.125. The molecular formula is C22H17F2NO3. The number of hydrogen-bond donors (Lipinski definition) is 1. The van der Waals surface area contributed by atoms with Crippen molar-refractivity contribution in [1.82, 2.24) is 0 Å². The minimum atomic E-state index is -1.26. The fourth-order valence-electron chi connectivity index (χ4n) is 2.54. The molecule has 28 heavy (non-hydrogen) atoms. The van der Waals surface area contributed by atoms with Gasteiger partial charge in [0.2, 0.25) is 6.10 Å². The Labute approximate surface area is 160 Å². The standard InChI is InChI=1S/C22H17F2NO3/c1-14-7-10-17(11-8-14)25-21(26)20(15-5-3-2-4-6-15)28-22(27)16-9-12-18(23)19(24)13-16/h2-13,20H,1H3,(H,25,26). The van der Waals surface area contributed by atoms with Crippen molar-refractivity contribution in [2.75, 3.05) is 5.32 Å². The molecule has 3 rings (SSSR count). The van der Waals surface area contributed by atoms with Gasteiger partial charge in [-0.3, -0.25) is 4.79 Å². The summed E-state index contributed by atoms with van der Waals surface area (Å²) in [5, 5.41) is 2.69. The summed E-state index contributed by atoms with van der Waals surface area (Å²) in [7, 11) is 0. The number of benzene rings is 3. The molecule has 0 aliphatic carbocycles. The van der Waals surface area contributed by atoms with Crippen molar-refractivity contribution in [1.29, 1.82) is 0 Å². The van der Waals surface area contributed by atoms with E-state index in [2.05, 4.69) is 5.32 Å². The summed E-state index contributed by atoms with van der Waals surface area (Å²) >= 11 is 0. The largest absolute Gasteiger partial charge is 0.444 e. The van der Waals surface area contributed by atoms with Gasteiger partial charge in [0.25, 0.3) is 5.91 Å². The Morgan fingerprint density at radius 3 is 2.21 bits per heavy atom. The van der Waals surface area contributed by atoms with Crippen LogP contribution in [0.3, 0.4) is 0 Å². The Balaban J connectivity index is 1.84. The number of anilines is 1. The minimum Gasteiger partial charge on any atom is -0.444 e. The van der Waals surface area contributed by atoms with E-state index in [0.717, 1.165) is 23.8 Å². The third-order valence-corrected chi connectivity index (χ3v) is 4.04. The number of aryl methyl sites for hydroxylation is 1. The smallest absolute Gasteiger partial charge is 0.339 e. The molecule has 0 saturated heterocycles. The molecule has 6 heteroatoms. The maximum absolute atomic E-state index is 13.4. The number of nitrogens with one attached hydrogen (secondary N) is 1. The normalized spacial score (nSPS) is 11.5. The summed E-state index contributed by atoms with van der Waals surface area (Å²) in [5.41, 5.74) is 1.83. The second-order valence-corrected chi connectivity index (χ2v) is 6.18. The van der Waals surface area contributed by atoms with E-state index in [9.17, 15) is 18.4 Å². The summed E-state index contributed by atoms with van der Waals surface area (Å²) in [6, 6.07) is 18.2. The lowest BCUT2D eigenvalue weighted by atomic mass is 10.1. The van der Waals surface area contributed by atoms with Crippen molar-refractivity contribution in [2.45, 2.75) is 13.0 Å². The van der Waals surface area contributed by atoms with Gasteiger partial charge in [-0.05, 0) is 37.3 Å². The third-order valence-electron chi connectivity index (χ3n) is 4.04. The topological polar surface area (TPSA) is 55.4 Å². The van der Waals surface area contributed by atoms with Gasteiger partial charge in [-0.15, -0.1) is 0 Å². The van der Waals surface area contributed by atoms with Gasteiger partial charge < -0.3 is 10.1 Å². The van der Waals surface area contributed by atoms with Gasteiger partial charge in [-0.1, -0.05) is 48.0 Å². The van der Waals surface area contributed by atoms with Crippen molar-refractivity contribution in [3.63, 3.8) is 0 Å². The predicted octanol–water partition coefficient (Wildman–Crippen LogP) is 4.81. The second-order valence-electron chi connectivity index (χ2n) is 6.18. The molecule has 1 atom stereocenters. The molecule has 3 aromatic carbocycles. The highest BCUT2D eigenvalue weighted by Crippen LogP contribution is 2.22. The molecule has 0 heterocycles. The highest BCUT2D eigenvalue weighted by Gasteiger charge is 2.26. The average molecular weight is 381 g/mol. The number of halogens is 2. The van der Waals surface area contributed by atoms with Crippen LogP contribution in [0.2, 0.25) is 0 Å². The Morgan fingerprint density at radius 1 is 0.893 bits per heavy atom. The van der Waals surface area contributed by atoms with Crippen LogP contribution < -0.4 is 5.32 Å². The number of carbonyl (C=O) groups excluding carboxylic acids is 2. The summed E-state index contributed by atoms with van der Waals surface area (Å²) in [5.74, 6) is -3.75. The number of esters is 1. The number of carbonyl (C=O) groups is 2. The lowest BCUT2D eigenvalue weighted by Gasteiger charge is -2.18. The third kappa shape index (κ3) is 4.59. The van der Waals surface area contributed by atoms with Crippen LogP contribution in [0.15, 0.2) is 72.8 Å². The highest BCUT2D eigenvalue weighted by atomic mass is 19.2. The zero-order valence-electron chi connectivity index (χ0n) is 15.0. The Hall–Kier alpha value is -3.54. The van der Waals surface area contributed by atoms with Gasteiger partial charge in [0.1, 0.15) is 0 Å². The van der Waals surface area contributed by atoms with E-state index in [4.69, 9.17) is 4.74 Å². The van der Waals surface area contributed by atoms with Gasteiger partial charge in [-0.2, -0.15) is 0 Å². The lowest BCUT2D eigenvalue weighted by Crippen LogP contribution is -2.26. The molecule has 1 unspecified atom stereocenters. The quantitative estimate of drug-likeness (QED) is 0.646. The maximum Gasteiger partial charge on any atom is 0.339 e. The van der Waals surface area contributed by atoms with Crippen LogP contribution in [0.25, 0.3) is 0 Å². The average Bonchev–Trinajstić information content (AvgIpc) is 2.70. The Kier molecular flexibility index (Phi) is 5.79. The molecule has 3 aromatic rings. The van der Waals surface area contributed by atoms with Gasteiger partial charge in [-0.25, -0.2) is 13.6 Å². The Bertz CT molecular complexity index is 988. The van der Waals surface area contributed by atoms with Gasteiger partial charge in [0.05, 0.1) is 5.56 Å².